The number of nitrogen functional groups attached to an aromatic ring is 1. The van der Waals surface area contributed by atoms with Crippen LogP contribution in [-0.2, 0) is 33.3 Å². The molecule has 0 atom stereocenters. The van der Waals surface area contributed by atoms with Gasteiger partial charge >= 0.3 is 36.5 Å². The highest BCUT2D eigenvalue weighted by Gasteiger charge is 2.39. The largest absolute Gasteiger partial charge is 0.496 e. The van der Waals surface area contributed by atoms with Crippen molar-refractivity contribution in [2.75, 3.05) is 89.5 Å². The molecule has 776 valence electrons. The Morgan fingerprint density at radius 2 is 0.789 bits per heavy atom. The maximum atomic E-state index is 12.5. The van der Waals surface area contributed by atoms with Crippen molar-refractivity contribution >= 4 is 105 Å². The molecule has 0 bridgehead atoms. The maximum Gasteiger partial charge on any atom is 0.490 e. The second kappa shape index (κ2) is 52.8. The van der Waals surface area contributed by atoms with Crippen molar-refractivity contribution in [1.29, 1.82) is 5.53 Å². The standard InChI is InChI=1S/C31H38N6O3.C27H31N5O.C16H28N4O2.C13H20N2O3.C12H21NO3.C3H8N2.C2HF3O2.ClH/c1-20(2)37-27(18-25(35-37)21-14-16-36(17-15-21)30(38)40-31(3,4)5)33-29-32-19-22-10-9-12-24(28(22)34-29)23-11-7-8-13-26(23)39-6;1-18(2)32-25(16-23(31-32)19-10-5-4-6-11-19)29-27-28-17-20-12-9-14-22(26(20)30-27)21-13-7-8-15-24(21)33-3;1-11(2)20-14(17)10-13(18-20)12-6-8-19(9-7-12)15(21)22-16(3,4)5;1-13(2,3)18-12(17)15-7-5-10(6-8-15)11(16)9-14-4;1-9(14)10-5-7-13(8-6-10)11(15)16-12(2,3)4;1-3(2)5-4;3-2(4,5)1(6)7;/h7-13,18-21H,14-17H2,1-6H3,(H,32,33,34);7-9,12-19H,4-6,10-11H2,1-3H3,(H,28,29,30);10-12H,6-9,17H2,1-5H3;10H,5-9H2,1-3H3;10H,5-8H2,1-4H3;3-4H,1-2H3;(H,6,7);1H. The molecule has 0 unspecified atom stereocenters. The number of rotatable bonds is 18. The first-order chi connectivity index (χ1) is 66.3. The zero-order valence-electron chi connectivity index (χ0n) is 86.8. The van der Waals surface area contributed by atoms with Gasteiger partial charge in [-0.3, -0.25) is 9.59 Å². The van der Waals surface area contributed by atoms with E-state index >= 15 is 0 Å². The van der Waals surface area contributed by atoms with E-state index in [0.717, 1.165) is 117 Å². The van der Waals surface area contributed by atoms with E-state index in [1.165, 1.54) is 37.8 Å². The Morgan fingerprint density at radius 3 is 1.09 bits per heavy atom. The molecule has 5 aliphatic rings. The minimum absolute atomic E-state index is 0. The van der Waals surface area contributed by atoms with Crippen LogP contribution in [0.4, 0.5) is 61.7 Å². The van der Waals surface area contributed by atoms with Crippen molar-refractivity contribution in [1.82, 2.24) is 68.9 Å². The summed E-state index contributed by atoms with van der Waals surface area (Å²) in [5.74, 6) is 3.87. The van der Waals surface area contributed by atoms with Gasteiger partial charge in [0.15, 0.2) is 0 Å². The van der Waals surface area contributed by atoms with Crippen molar-refractivity contribution < 1.29 is 80.3 Å². The Morgan fingerprint density at radius 1 is 0.479 bits per heavy atom. The first-order valence-corrected chi connectivity index (χ1v) is 48.6. The van der Waals surface area contributed by atoms with E-state index in [9.17, 15) is 41.9 Å². The van der Waals surface area contributed by atoms with Gasteiger partial charge < -0.3 is 74.3 Å². The number of piperidine rings is 4. The second-order valence-electron chi connectivity index (χ2n) is 40.8. The quantitative estimate of drug-likeness (QED) is 0.0302. The molecule has 5 aromatic heterocycles. The number of aliphatic carboxylic acids is 1. The summed E-state index contributed by atoms with van der Waals surface area (Å²) in [7, 11) is 3.38. The van der Waals surface area contributed by atoms with Gasteiger partial charge in [0.25, 0.3) is 6.54 Å². The summed E-state index contributed by atoms with van der Waals surface area (Å²) in [6.07, 6.45) is 10.2. The number of alkyl halides is 3. The van der Waals surface area contributed by atoms with Crippen LogP contribution in [0.5, 0.6) is 11.5 Å². The number of likely N-dealkylation sites (tertiary alicyclic amines) is 4. The summed E-state index contributed by atoms with van der Waals surface area (Å²) in [6, 6.07) is 35.3. The Bertz CT molecular complexity index is 5670. The minimum Gasteiger partial charge on any atom is -0.496 e. The molecule has 9 aromatic rings. The third-order valence-electron chi connectivity index (χ3n) is 23.5. The molecule has 5 fully saturated rings. The van der Waals surface area contributed by atoms with Gasteiger partial charge in [0.05, 0.1) is 48.4 Å². The van der Waals surface area contributed by atoms with Crippen LogP contribution in [0.1, 0.15) is 282 Å². The van der Waals surface area contributed by atoms with Crippen LogP contribution < -0.4 is 25.8 Å². The second-order valence-corrected chi connectivity index (χ2v) is 40.8. The Kier molecular flexibility index (Phi) is 43.2. The first-order valence-electron chi connectivity index (χ1n) is 48.6. The fourth-order valence-corrected chi connectivity index (χ4v) is 16.4. The molecule has 4 amide bonds. The summed E-state index contributed by atoms with van der Waals surface area (Å²) in [5.41, 5.74) is 19.4. The lowest BCUT2D eigenvalue weighted by Crippen LogP contribution is -2.43. The van der Waals surface area contributed by atoms with Crippen LogP contribution in [0.2, 0.25) is 0 Å². The van der Waals surface area contributed by atoms with Crippen molar-refractivity contribution in [3.8, 4) is 33.8 Å². The van der Waals surface area contributed by atoms with Crippen LogP contribution in [0, 0.1) is 23.9 Å². The van der Waals surface area contributed by atoms with E-state index in [0.29, 0.717) is 94.8 Å². The number of carbonyl (C=O) groups is 7. The fraction of sp³-hybridized carbons (Fsp3) is 0.567. The zero-order chi connectivity index (χ0) is 104. The molecule has 38 heteroatoms. The Hall–Kier alpha value is -12.8. The Balaban J connectivity index is 0.000000242. The van der Waals surface area contributed by atoms with Crippen LogP contribution in [0.3, 0.4) is 0 Å². The molecule has 4 aliphatic heterocycles. The van der Waals surface area contributed by atoms with Gasteiger partial charge in [-0.25, -0.2) is 70.1 Å². The number of hydrogen-bond acceptors (Lipinski definition) is 25. The third-order valence-corrected chi connectivity index (χ3v) is 23.5. The number of Topliss-reactive ketones (excluding diaryl/α,β-unsaturated/α-hetero) is 2. The van der Waals surface area contributed by atoms with E-state index < -0.39 is 34.5 Å². The van der Waals surface area contributed by atoms with Crippen LogP contribution in [-0.4, -0.2) is 224 Å². The van der Waals surface area contributed by atoms with Gasteiger partial charge in [-0.2, -0.15) is 33.6 Å². The number of nitrogens with one attached hydrogen (secondary N) is 3. The van der Waals surface area contributed by atoms with E-state index in [2.05, 4.69) is 112 Å². The number of para-hydroxylation sites is 4. The van der Waals surface area contributed by atoms with Crippen LogP contribution in [0.25, 0.3) is 48.9 Å². The number of fused-ring (bicyclic) bond motifs is 2. The molecule has 4 aromatic carbocycles. The van der Waals surface area contributed by atoms with Gasteiger partial charge in [0.1, 0.15) is 57.1 Å². The third kappa shape index (κ3) is 35.7. The summed E-state index contributed by atoms with van der Waals surface area (Å²) in [5, 5.41) is 33.6. The number of methoxy groups -OCH3 is 2. The number of halogens is 4. The van der Waals surface area contributed by atoms with Crippen molar-refractivity contribution in [2.45, 2.75) is 299 Å². The molecule has 0 spiro atoms. The average Bonchev–Trinajstić information content (AvgIpc) is 1.04. The summed E-state index contributed by atoms with van der Waals surface area (Å²) in [6.45, 7) is 52.1. The number of amides is 4. The molecule has 4 saturated heterocycles. The number of ketones is 2. The van der Waals surface area contributed by atoms with E-state index in [4.69, 9.17) is 76.3 Å². The normalized spacial score (nSPS) is 15.2. The predicted molar refractivity (Wildman–Crippen MR) is 547 cm³/mol. The van der Waals surface area contributed by atoms with E-state index in [1.807, 2.05) is 191 Å². The number of carboxylic acid groups (broad SMARTS) is 1. The van der Waals surface area contributed by atoms with E-state index in [1.54, 1.807) is 40.7 Å². The fourth-order valence-electron chi connectivity index (χ4n) is 16.4. The van der Waals surface area contributed by atoms with Crippen molar-refractivity contribution in [3.63, 3.8) is 0 Å². The van der Waals surface area contributed by atoms with E-state index in [-0.39, 0.29) is 96.8 Å². The summed E-state index contributed by atoms with van der Waals surface area (Å²) >= 11 is 0. The number of anilines is 5. The van der Waals surface area contributed by atoms with Gasteiger partial charge in [-0.1, -0.05) is 92.1 Å². The molecule has 34 nitrogen and oxygen atoms in total. The number of benzene rings is 4. The summed E-state index contributed by atoms with van der Waals surface area (Å²) < 4.78 is 70.4. The average molecular weight is 1990 g/mol. The lowest BCUT2D eigenvalue weighted by atomic mass is 9.87. The first kappa shape index (κ1) is 116. The SMILES string of the molecule is CC(=O)C1CCN(C(=O)OC(C)(C)C)CC1.CC(C)N=N.CC(C)n1nc(C2CCN(C(=O)OC(C)(C)C)CC2)cc1N.COc1ccccc1-c1cccc2cnc(Nc3cc(C4CCCCC4)nn3C(C)C)nc12.COc1ccccc1-c1cccc2cnc(Nc3cc(C4CCN(C(=O)OC(C)(C)C)CC4)nn3C(C)C)nc12.Cl.O=C(O)C(F)(F)F.[C-]#[N+]CC(=O)C1CCN(C(=O)OC(C)(C)C)CC1. The molecular weight excluding hydrogens is 1850 g/mol. The molecule has 14 rings (SSSR count). The lowest BCUT2D eigenvalue weighted by Gasteiger charge is -2.32. The Labute approximate surface area is 839 Å². The highest BCUT2D eigenvalue weighted by atomic mass is 35.5. The van der Waals surface area contributed by atoms with Gasteiger partial charge in [-0.15, -0.1) is 12.4 Å². The molecule has 1 saturated carbocycles. The van der Waals surface area contributed by atoms with Crippen molar-refractivity contribution in [3.05, 3.63) is 144 Å². The zero-order valence-corrected chi connectivity index (χ0v) is 87.6. The monoisotopic (exact) mass is 1990 g/mol. The number of carboxylic acids is 1. The maximum absolute atomic E-state index is 12.5. The van der Waals surface area contributed by atoms with Gasteiger partial charge in [0, 0.05) is 164 Å². The predicted octanol–water partition coefficient (Wildman–Crippen LogP) is 23.8. The topological polar surface area (TPSA) is 404 Å². The number of aromatic nitrogens is 10. The highest BCUT2D eigenvalue weighted by molar-refractivity contribution is 5.97. The number of carbonyl (C=O) groups excluding carboxylic acids is 6. The highest BCUT2D eigenvalue weighted by Crippen LogP contribution is 2.41. The molecule has 6 N–H and O–H groups in total. The lowest BCUT2D eigenvalue weighted by molar-refractivity contribution is -0.192. The van der Waals surface area contributed by atoms with Crippen LogP contribution >= 0.6 is 12.4 Å². The van der Waals surface area contributed by atoms with Gasteiger partial charge in [0.2, 0.25) is 17.7 Å². The smallest absolute Gasteiger partial charge is 0.490 e. The number of nitrogens with two attached hydrogens (primary N) is 1. The molecule has 9 heterocycles. The number of nitrogens with zero attached hydrogens (tertiary/aromatic N) is 16. The number of hydrogen-bond donors (Lipinski definition) is 5. The molecule has 1 aliphatic carbocycles. The number of ether oxygens (including phenoxy) is 6. The minimum atomic E-state index is -5.08. The van der Waals surface area contributed by atoms with Crippen LogP contribution in [0.15, 0.2) is 121 Å². The van der Waals surface area contributed by atoms with Crippen molar-refractivity contribution in [2.24, 2.45) is 17.0 Å². The molecule has 142 heavy (non-hydrogen) atoms. The van der Waals surface area contributed by atoms with Gasteiger partial charge in [-0.05, 0) is 222 Å². The summed E-state index contributed by atoms with van der Waals surface area (Å²) in [4.78, 5) is 109. The molecular formula is C104H148ClF3N20O14. The molecule has 0 radical (unpaired) electrons.